The van der Waals surface area contributed by atoms with E-state index >= 15 is 0 Å². The van der Waals surface area contributed by atoms with Gasteiger partial charge in [-0.3, -0.25) is 4.79 Å². The van der Waals surface area contributed by atoms with E-state index in [1.165, 1.54) is 0 Å². The molecule has 3 heteroatoms. The van der Waals surface area contributed by atoms with Crippen LogP contribution in [0, 0.1) is 13.8 Å². The maximum atomic E-state index is 12.1. The first-order valence-electron chi connectivity index (χ1n) is 6.53. The van der Waals surface area contributed by atoms with Crippen molar-refractivity contribution in [2.75, 3.05) is 6.61 Å². The Kier molecular flexibility index (Phi) is 4.53. The highest BCUT2D eigenvalue weighted by Gasteiger charge is 2.14. The molecule has 104 valence electrons. The second-order valence-electron chi connectivity index (χ2n) is 4.88. The van der Waals surface area contributed by atoms with Crippen molar-refractivity contribution in [3.8, 4) is 5.75 Å². The zero-order chi connectivity index (χ0) is 14.5. The van der Waals surface area contributed by atoms with Gasteiger partial charge < -0.3 is 9.84 Å². The highest BCUT2D eigenvalue weighted by molar-refractivity contribution is 6.00. The van der Waals surface area contributed by atoms with E-state index in [2.05, 4.69) is 0 Å². The van der Waals surface area contributed by atoms with Crippen LogP contribution in [0.4, 0.5) is 0 Å². The second-order valence-corrected chi connectivity index (χ2v) is 4.88. The van der Waals surface area contributed by atoms with Crippen LogP contribution in [0.5, 0.6) is 5.75 Å². The number of phenols is 1. The number of aromatic hydroxyl groups is 1. The number of ketones is 1. The van der Waals surface area contributed by atoms with Gasteiger partial charge in [0.2, 0.25) is 0 Å². The fourth-order valence-corrected chi connectivity index (χ4v) is 2.22. The maximum Gasteiger partial charge on any atom is 0.192 e. The number of aryl methyl sites for hydroxylation is 2. The largest absolute Gasteiger partial charge is 0.507 e. The van der Waals surface area contributed by atoms with E-state index in [1.807, 2.05) is 50.2 Å². The first kappa shape index (κ1) is 14.3. The Hall–Kier alpha value is -2.13. The van der Waals surface area contributed by atoms with Crippen molar-refractivity contribution < 1.29 is 14.6 Å². The molecule has 20 heavy (non-hydrogen) atoms. The summed E-state index contributed by atoms with van der Waals surface area (Å²) >= 11 is 0. The molecule has 0 bridgehead atoms. The van der Waals surface area contributed by atoms with Crippen molar-refractivity contribution in [2.24, 2.45) is 0 Å². The number of phenolic OH excluding ortho intramolecular Hbond substituents is 1. The average molecular weight is 270 g/mol. The minimum atomic E-state index is -0.198. The Morgan fingerprint density at radius 3 is 2.50 bits per heavy atom. The fraction of sp³-hybridized carbons (Fsp3) is 0.235. The molecule has 0 aliphatic heterocycles. The lowest BCUT2D eigenvalue weighted by Crippen LogP contribution is -2.11. The molecule has 0 atom stereocenters. The molecule has 0 saturated carbocycles. The highest BCUT2D eigenvalue weighted by Crippen LogP contribution is 2.23. The van der Waals surface area contributed by atoms with E-state index in [-0.39, 0.29) is 18.1 Å². The molecular weight excluding hydrogens is 252 g/mol. The number of carbonyl (C=O) groups is 1. The molecule has 0 heterocycles. The lowest BCUT2D eigenvalue weighted by Gasteiger charge is -2.09. The summed E-state index contributed by atoms with van der Waals surface area (Å²) in [5, 5.41) is 9.88. The predicted octanol–water partition coefficient (Wildman–Crippen LogP) is 3.41. The summed E-state index contributed by atoms with van der Waals surface area (Å²) in [4.78, 5) is 12.1. The van der Waals surface area contributed by atoms with Crippen LogP contribution < -0.4 is 0 Å². The number of ether oxygens (including phenoxy) is 1. The molecule has 0 unspecified atom stereocenters. The van der Waals surface area contributed by atoms with E-state index in [4.69, 9.17) is 4.74 Å². The zero-order valence-corrected chi connectivity index (χ0v) is 11.7. The van der Waals surface area contributed by atoms with Crippen LogP contribution >= 0.6 is 0 Å². The van der Waals surface area contributed by atoms with E-state index in [0.717, 1.165) is 16.7 Å². The van der Waals surface area contributed by atoms with Gasteiger partial charge >= 0.3 is 0 Å². The first-order valence-corrected chi connectivity index (χ1v) is 6.53. The summed E-state index contributed by atoms with van der Waals surface area (Å²) in [6, 6.07) is 13.1. The molecule has 2 aromatic carbocycles. The van der Waals surface area contributed by atoms with Crippen LogP contribution in [0.25, 0.3) is 0 Å². The molecule has 2 rings (SSSR count). The molecule has 0 aromatic heterocycles. The second kappa shape index (κ2) is 6.35. The van der Waals surface area contributed by atoms with Gasteiger partial charge in [0.25, 0.3) is 0 Å². The van der Waals surface area contributed by atoms with Gasteiger partial charge in [-0.25, -0.2) is 0 Å². The molecule has 2 aromatic rings. The quantitative estimate of drug-likeness (QED) is 0.847. The summed E-state index contributed by atoms with van der Waals surface area (Å²) in [6.07, 6.45) is 0. The summed E-state index contributed by atoms with van der Waals surface area (Å²) in [6.45, 7) is 4.05. The Morgan fingerprint density at radius 1 is 1.15 bits per heavy atom. The van der Waals surface area contributed by atoms with Crippen molar-refractivity contribution in [3.05, 3.63) is 64.7 Å². The Bertz CT molecular complexity index is 580. The lowest BCUT2D eigenvalue weighted by molar-refractivity contribution is 0.0723. The van der Waals surface area contributed by atoms with Gasteiger partial charge in [-0.15, -0.1) is 0 Å². The minimum Gasteiger partial charge on any atom is -0.507 e. The number of benzene rings is 2. The number of Topliss-reactive ketones (excluding diaryl/α,β-unsaturated/α-hetero) is 1. The molecule has 1 N–H and O–H groups in total. The monoisotopic (exact) mass is 270 g/mol. The summed E-state index contributed by atoms with van der Waals surface area (Å²) < 4.78 is 5.42. The van der Waals surface area contributed by atoms with E-state index in [0.29, 0.717) is 12.2 Å². The van der Waals surface area contributed by atoms with Crippen LogP contribution in [-0.2, 0) is 11.3 Å². The van der Waals surface area contributed by atoms with Crippen molar-refractivity contribution in [1.82, 2.24) is 0 Å². The van der Waals surface area contributed by atoms with Crippen molar-refractivity contribution in [1.29, 1.82) is 0 Å². The smallest absolute Gasteiger partial charge is 0.192 e. The summed E-state index contributed by atoms with van der Waals surface area (Å²) in [5.41, 5.74) is 3.08. The molecule has 0 spiro atoms. The van der Waals surface area contributed by atoms with Crippen LogP contribution in [0.1, 0.15) is 27.0 Å². The normalized spacial score (nSPS) is 10.5. The number of rotatable bonds is 5. The Morgan fingerprint density at radius 2 is 1.85 bits per heavy atom. The fourth-order valence-electron chi connectivity index (χ4n) is 2.22. The Labute approximate surface area is 118 Å². The van der Waals surface area contributed by atoms with Crippen LogP contribution in [0.2, 0.25) is 0 Å². The SMILES string of the molecule is Cc1cc(C)c(C(=O)COCc2ccccc2)c(O)c1. The number of hydrogen-bond donors (Lipinski definition) is 1. The van der Waals surface area contributed by atoms with Crippen molar-refractivity contribution >= 4 is 5.78 Å². The van der Waals surface area contributed by atoms with Crippen molar-refractivity contribution in [3.63, 3.8) is 0 Å². The van der Waals surface area contributed by atoms with Crippen LogP contribution in [0.15, 0.2) is 42.5 Å². The molecule has 0 radical (unpaired) electrons. The topological polar surface area (TPSA) is 46.5 Å². The molecule has 0 aliphatic rings. The third kappa shape index (κ3) is 3.45. The number of carbonyl (C=O) groups excluding carboxylic acids is 1. The standard InChI is InChI=1S/C17H18O3/c1-12-8-13(2)17(15(18)9-12)16(19)11-20-10-14-6-4-3-5-7-14/h3-9,18H,10-11H2,1-2H3. The molecule has 3 nitrogen and oxygen atoms in total. The summed E-state index contributed by atoms with van der Waals surface area (Å²) in [7, 11) is 0. The van der Waals surface area contributed by atoms with E-state index < -0.39 is 0 Å². The average Bonchev–Trinajstić information content (AvgIpc) is 2.38. The minimum absolute atomic E-state index is 0.0239. The third-order valence-corrected chi connectivity index (χ3v) is 3.08. The summed E-state index contributed by atoms with van der Waals surface area (Å²) in [5.74, 6) is -0.174. The van der Waals surface area contributed by atoms with Gasteiger partial charge in [0.1, 0.15) is 12.4 Å². The van der Waals surface area contributed by atoms with Crippen LogP contribution in [0.3, 0.4) is 0 Å². The van der Waals surface area contributed by atoms with Gasteiger partial charge in [0.05, 0.1) is 12.2 Å². The molecule has 0 amide bonds. The molecule has 0 aliphatic carbocycles. The van der Waals surface area contributed by atoms with E-state index in [9.17, 15) is 9.90 Å². The molecule has 0 fully saturated rings. The highest BCUT2D eigenvalue weighted by atomic mass is 16.5. The first-order chi connectivity index (χ1) is 9.58. The van der Waals surface area contributed by atoms with Gasteiger partial charge in [0.15, 0.2) is 5.78 Å². The van der Waals surface area contributed by atoms with Crippen LogP contribution in [-0.4, -0.2) is 17.5 Å². The van der Waals surface area contributed by atoms with Gasteiger partial charge in [-0.2, -0.15) is 0 Å². The Balaban J connectivity index is 1.99. The van der Waals surface area contributed by atoms with E-state index in [1.54, 1.807) is 6.07 Å². The van der Waals surface area contributed by atoms with Gasteiger partial charge in [-0.05, 0) is 36.6 Å². The number of hydrogen-bond acceptors (Lipinski definition) is 3. The lowest BCUT2D eigenvalue weighted by atomic mass is 10.0. The zero-order valence-electron chi connectivity index (χ0n) is 11.7. The van der Waals surface area contributed by atoms with Gasteiger partial charge in [0, 0.05) is 0 Å². The predicted molar refractivity (Wildman–Crippen MR) is 78.0 cm³/mol. The molecule has 0 saturated heterocycles. The van der Waals surface area contributed by atoms with Gasteiger partial charge in [-0.1, -0.05) is 36.4 Å². The third-order valence-electron chi connectivity index (χ3n) is 3.08. The molecular formula is C17H18O3. The maximum absolute atomic E-state index is 12.1. The van der Waals surface area contributed by atoms with Crippen molar-refractivity contribution in [2.45, 2.75) is 20.5 Å².